The number of methoxy groups -OCH3 is 1. The van der Waals surface area contributed by atoms with Crippen LogP contribution in [-0.4, -0.2) is 67.0 Å². The molecule has 0 atom stereocenters. The van der Waals surface area contributed by atoms with Crippen molar-refractivity contribution < 1.29 is 29.0 Å². The summed E-state index contributed by atoms with van der Waals surface area (Å²) in [5.74, 6) is -2.27. The van der Waals surface area contributed by atoms with Gasteiger partial charge in [0.1, 0.15) is 13.1 Å². The number of rotatable bonds is 8. The predicted octanol–water partition coefficient (Wildman–Crippen LogP) is 0.312. The number of hydrogen-bond donors (Lipinski definition) is 2. The monoisotopic (exact) mass is 363 g/mol. The summed E-state index contributed by atoms with van der Waals surface area (Å²) >= 11 is 0. The molecule has 1 aliphatic heterocycles. The van der Waals surface area contributed by atoms with Gasteiger partial charge in [-0.1, -0.05) is 12.1 Å². The first kappa shape index (κ1) is 19.4. The SMILES string of the molecule is COCCN(CC(=O)O)C(=O)CCC(=O)N1CC(=O)Nc2ccccc21. The third-order valence-corrected chi connectivity index (χ3v) is 3.87. The highest BCUT2D eigenvalue weighted by Crippen LogP contribution is 2.29. The van der Waals surface area contributed by atoms with Crippen molar-refractivity contribution in [2.24, 2.45) is 0 Å². The van der Waals surface area contributed by atoms with Crippen molar-refractivity contribution in [3.8, 4) is 0 Å². The topological polar surface area (TPSA) is 116 Å². The van der Waals surface area contributed by atoms with E-state index >= 15 is 0 Å². The molecule has 26 heavy (non-hydrogen) atoms. The van der Waals surface area contributed by atoms with E-state index < -0.39 is 18.4 Å². The maximum absolute atomic E-state index is 12.5. The van der Waals surface area contributed by atoms with Gasteiger partial charge in [0.25, 0.3) is 0 Å². The molecular formula is C17H21N3O6. The van der Waals surface area contributed by atoms with Crippen molar-refractivity contribution in [1.82, 2.24) is 4.90 Å². The Hall–Kier alpha value is -2.94. The number of fused-ring (bicyclic) bond motifs is 1. The fraction of sp³-hybridized carbons (Fsp3) is 0.412. The maximum Gasteiger partial charge on any atom is 0.323 e. The summed E-state index contributed by atoms with van der Waals surface area (Å²) in [7, 11) is 1.45. The van der Waals surface area contributed by atoms with E-state index in [-0.39, 0.29) is 44.4 Å². The van der Waals surface area contributed by atoms with Crippen molar-refractivity contribution in [1.29, 1.82) is 0 Å². The molecule has 0 aromatic heterocycles. The van der Waals surface area contributed by atoms with Crippen LogP contribution in [-0.2, 0) is 23.9 Å². The van der Waals surface area contributed by atoms with Crippen LogP contribution >= 0.6 is 0 Å². The van der Waals surface area contributed by atoms with E-state index in [1.54, 1.807) is 24.3 Å². The zero-order valence-electron chi connectivity index (χ0n) is 14.4. The Morgan fingerprint density at radius 2 is 2.00 bits per heavy atom. The molecule has 2 rings (SSSR count). The minimum atomic E-state index is -1.14. The largest absolute Gasteiger partial charge is 0.480 e. The molecule has 1 aromatic carbocycles. The Balaban J connectivity index is 2.00. The van der Waals surface area contributed by atoms with Gasteiger partial charge in [0, 0.05) is 26.5 Å². The lowest BCUT2D eigenvalue weighted by Gasteiger charge is -2.29. The number of benzene rings is 1. The molecule has 0 saturated carbocycles. The molecule has 1 aromatic rings. The molecule has 1 aliphatic rings. The van der Waals surface area contributed by atoms with E-state index in [4.69, 9.17) is 9.84 Å². The van der Waals surface area contributed by atoms with Crippen molar-refractivity contribution in [2.75, 3.05) is 43.6 Å². The normalized spacial score (nSPS) is 13.0. The van der Waals surface area contributed by atoms with Gasteiger partial charge in [-0.15, -0.1) is 0 Å². The number of carboxylic acids is 1. The first-order valence-corrected chi connectivity index (χ1v) is 8.10. The molecule has 0 unspecified atom stereocenters. The maximum atomic E-state index is 12.5. The summed E-state index contributed by atoms with van der Waals surface area (Å²) < 4.78 is 4.87. The smallest absolute Gasteiger partial charge is 0.323 e. The number of nitrogens with zero attached hydrogens (tertiary/aromatic N) is 2. The van der Waals surface area contributed by atoms with Gasteiger partial charge >= 0.3 is 5.97 Å². The number of carboxylic acid groups (broad SMARTS) is 1. The number of anilines is 2. The fourth-order valence-corrected chi connectivity index (χ4v) is 2.62. The molecule has 9 nitrogen and oxygen atoms in total. The second-order valence-electron chi connectivity index (χ2n) is 5.75. The molecule has 3 amide bonds. The number of amides is 3. The van der Waals surface area contributed by atoms with Gasteiger partial charge in [0.15, 0.2) is 0 Å². The van der Waals surface area contributed by atoms with Gasteiger partial charge in [0.05, 0.1) is 18.0 Å². The van der Waals surface area contributed by atoms with Gasteiger partial charge in [-0.2, -0.15) is 0 Å². The highest BCUT2D eigenvalue weighted by Gasteiger charge is 2.27. The van der Waals surface area contributed by atoms with Crippen LogP contribution in [0.2, 0.25) is 0 Å². The predicted molar refractivity (Wildman–Crippen MR) is 92.8 cm³/mol. The first-order chi connectivity index (χ1) is 12.4. The van der Waals surface area contributed by atoms with Crippen LogP contribution in [0.3, 0.4) is 0 Å². The molecular weight excluding hydrogens is 342 g/mol. The number of ether oxygens (including phenoxy) is 1. The Labute approximate surface area is 150 Å². The summed E-state index contributed by atoms with van der Waals surface area (Å²) in [4.78, 5) is 49.9. The standard InChI is InChI=1S/C17H21N3O6/c1-26-9-8-19(11-17(24)25)15(22)6-7-16(23)20-10-14(21)18-12-4-2-3-5-13(12)20/h2-5H,6-11H2,1H3,(H,18,21)(H,24,25). The highest BCUT2D eigenvalue weighted by molar-refractivity contribution is 6.10. The molecule has 0 bridgehead atoms. The first-order valence-electron chi connectivity index (χ1n) is 8.10. The molecule has 0 saturated heterocycles. The van der Waals surface area contributed by atoms with Gasteiger partial charge in [-0.25, -0.2) is 0 Å². The number of hydrogen-bond acceptors (Lipinski definition) is 5. The van der Waals surface area contributed by atoms with E-state index in [0.717, 1.165) is 4.90 Å². The molecule has 140 valence electrons. The van der Waals surface area contributed by atoms with Crippen molar-refractivity contribution in [3.05, 3.63) is 24.3 Å². The van der Waals surface area contributed by atoms with Gasteiger partial charge in [0.2, 0.25) is 17.7 Å². The average molecular weight is 363 g/mol. The van der Waals surface area contributed by atoms with E-state index in [1.807, 2.05) is 0 Å². The molecule has 9 heteroatoms. The van der Waals surface area contributed by atoms with Crippen LogP contribution < -0.4 is 10.2 Å². The van der Waals surface area contributed by atoms with Gasteiger partial charge in [-0.3, -0.25) is 19.2 Å². The summed E-state index contributed by atoms with van der Waals surface area (Å²) in [5, 5.41) is 11.6. The lowest BCUT2D eigenvalue weighted by molar-refractivity contribution is -0.145. The summed E-state index contributed by atoms with van der Waals surface area (Å²) in [6, 6.07) is 6.90. The number of carbonyl (C=O) groups excluding carboxylic acids is 3. The summed E-state index contributed by atoms with van der Waals surface area (Å²) in [5.41, 5.74) is 1.11. The van der Waals surface area contributed by atoms with Crippen LogP contribution in [0.5, 0.6) is 0 Å². The van der Waals surface area contributed by atoms with Gasteiger partial charge < -0.3 is 25.0 Å². The van der Waals surface area contributed by atoms with Crippen molar-refractivity contribution in [2.45, 2.75) is 12.8 Å². The van der Waals surface area contributed by atoms with Crippen LogP contribution in [0.15, 0.2) is 24.3 Å². The van der Waals surface area contributed by atoms with Crippen LogP contribution in [0.1, 0.15) is 12.8 Å². The third-order valence-electron chi connectivity index (χ3n) is 3.87. The number of aliphatic carboxylic acids is 1. The van der Waals surface area contributed by atoms with Gasteiger partial charge in [-0.05, 0) is 12.1 Å². The van der Waals surface area contributed by atoms with Crippen LogP contribution in [0.25, 0.3) is 0 Å². The quantitative estimate of drug-likeness (QED) is 0.687. The van der Waals surface area contributed by atoms with E-state index in [1.165, 1.54) is 12.0 Å². The number of nitrogens with one attached hydrogen (secondary N) is 1. The Morgan fingerprint density at radius 1 is 1.27 bits per heavy atom. The molecule has 0 spiro atoms. The zero-order chi connectivity index (χ0) is 19.1. The summed E-state index contributed by atoms with van der Waals surface area (Å²) in [6.07, 6.45) is -0.264. The Morgan fingerprint density at radius 3 is 2.69 bits per heavy atom. The van der Waals surface area contributed by atoms with Crippen molar-refractivity contribution >= 4 is 35.1 Å². The lowest BCUT2D eigenvalue weighted by Crippen LogP contribution is -2.43. The molecule has 0 radical (unpaired) electrons. The molecule has 0 aliphatic carbocycles. The number of carbonyl (C=O) groups is 4. The second-order valence-corrected chi connectivity index (χ2v) is 5.75. The molecule has 1 heterocycles. The zero-order valence-corrected chi connectivity index (χ0v) is 14.4. The Bertz CT molecular complexity index is 705. The number of para-hydroxylation sites is 2. The van der Waals surface area contributed by atoms with Crippen molar-refractivity contribution in [3.63, 3.8) is 0 Å². The fourth-order valence-electron chi connectivity index (χ4n) is 2.62. The van der Waals surface area contributed by atoms with Crippen LogP contribution in [0.4, 0.5) is 11.4 Å². The van der Waals surface area contributed by atoms with E-state index in [9.17, 15) is 19.2 Å². The third kappa shape index (κ3) is 5.03. The highest BCUT2D eigenvalue weighted by atomic mass is 16.5. The minimum Gasteiger partial charge on any atom is -0.480 e. The Kier molecular flexibility index (Phi) is 6.67. The van der Waals surface area contributed by atoms with Crippen LogP contribution in [0, 0.1) is 0 Å². The van der Waals surface area contributed by atoms with E-state index in [0.29, 0.717) is 11.4 Å². The van der Waals surface area contributed by atoms with E-state index in [2.05, 4.69) is 5.32 Å². The molecule has 2 N–H and O–H groups in total. The lowest BCUT2D eigenvalue weighted by atomic mass is 10.1. The molecule has 0 fully saturated rings. The average Bonchev–Trinajstić information content (AvgIpc) is 2.61. The minimum absolute atomic E-state index is 0.118. The second kappa shape index (κ2) is 8.95. The summed E-state index contributed by atoms with van der Waals surface area (Å²) in [6.45, 7) is -0.241.